The summed E-state index contributed by atoms with van der Waals surface area (Å²) in [6.07, 6.45) is 7.53. The van der Waals surface area contributed by atoms with Crippen molar-refractivity contribution in [2.75, 3.05) is 17.2 Å². The minimum Gasteiger partial charge on any atom is -0.362 e. The number of anilines is 3. The van der Waals surface area contributed by atoms with E-state index in [1.807, 2.05) is 42.5 Å². The number of hydrogen-bond donors (Lipinski definition) is 3. The Kier molecular flexibility index (Phi) is 7.00. The lowest BCUT2D eigenvalue weighted by Crippen LogP contribution is -2.43. The fraction of sp³-hybridized carbons (Fsp3) is 0.308. The van der Waals surface area contributed by atoms with Gasteiger partial charge in [-0.2, -0.15) is 0 Å². The summed E-state index contributed by atoms with van der Waals surface area (Å²) in [5, 5.41) is 10.5. The van der Waals surface area contributed by atoms with Gasteiger partial charge in [0.1, 0.15) is 11.6 Å². The average Bonchev–Trinajstić information content (AvgIpc) is 2.81. The van der Waals surface area contributed by atoms with Gasteiger partial charge in [0.25, 0.3) is 0 Å². The van der Waals surface area contributed by atoms with Crippen molar-refractivity contribution >= 4 is 34.5 Å². The van der Waals surface area contributed by atoms with Gasteiger partial charge in [-0.3, -0.25) is 0 Å². The number of hydrogen-bond acceptors (Lipinski definition) is 3. The Labute approximate surface area is 194 Å². The molecule has 4 rings (SSSR count). The summed E-state index contributed by atoms with van der Waals surface area (Å²) >= 11 is 5.55. The number of aromatic nitrogens is 1. The Balaban J connectivity index is 1.36. The zero-order chi connectivity index (χ0) is 22.4. The van der Waals surface area contributed by atoms with Crippen molar-refractivity contribution in [1.82, 2.24) is 10.3 Å². The van der Waals surface area contributed by atoms with Crippen LogP contribution in [-0.2, 0) is 5.41 Å². The highest BCUT2D eigenvalue weighted by molar-refractivity contribution is 7.80. The summed E-state index contributed by atoms with van der Waals surface area (Å²) in [5.74, 6) is 0.582. The molecule has 3 aromatic rings. The van der Waals surface area contributed by atoms with Gasteiger partial charge in [-0.1, -0.05) is 49.6 Å². The first-order valence-electron chi connectivity index (χ1n) is 11.1. The molecular formula is C26H29FN4S. The van der Waals surface area contributed by atoms with Gasteiger partial charge in [0.05, 0.1) is 11.9 Å². The molecule has 4 nitrogen and oxygen atoms in total. The normalized spacial score (nSPS) is 15.1. The van der Waals surface area contributed by atoms with E-state index in [-0.39, 0.29) is 11.2 Å². The molecule has 0 atom stereocenters. The predicted octanol–water partition coefficient (Wildman–Crippen LogP) is 6.46. The third kappa shape index (κ3) is 5.43. The van der Waals surface area contributed by atoms with Gasteiger partial charge in [-0.05, 0) is 73.4 Å². The number of thiocarbonyl (C=S) groups is 1. The summed E-state index contributed by atoms with van der Waals surface area (Å²) < 4.78 is 13.4. The smallest absolute Gasteiger partial charge is 0.170 e. The molecular weight excluding hydrogens is 419 g/mol. The summed E-state index contributed by atoms with van der Waals surface area (Å²) in [4.78, 5) is 4.49. The molecule has 0 radical (unpaired) electrons. The van der Waals surface area contributed by atoms with Crippen LogP contribution in [0.25, 0.3) is 0 Å². The largest absolute Gasteiger partial charge is 0.362 e. The van der Waals surface area contributed by atoms with Crippen LogP contribution in [0.5, 0.6) is 0 Å². The van der Waals surface area contributed by atoms with Crippen LogP contribution in [0.4, 0.5) is 21.6 Å². The second-order valence-corrected chi connectivity index (χ2v) is 8.94. The maximum atomic E-state index is 13.4. The molecule has 1 heterocycles. The zero-order valence-corrected chi connectivity index (χ0v) is 19.1. The number of nitrogens with one attached hydrogen (secondary N) is 3. The highest BCUT2D eigenvalue weighted by atomic mass is 32.1. The van der Waals surface area contributed by atoms with Crippen LogP contribution in [0.2, 0.25) is 0 Å². The van der Waals surface area contributed by atoms with Gasteiger partial charge in [-0.15, -0.1) is 0 Å². The third-order valence-electron chi connectivity index (χ3n) is 6.28. The van der Waals surface area contributed by atoms with E-state index < -0.39 is 0 Å². The topological polar surface area (TPSA) is 49.0 Å². The van der Waals surface area contributed by atoms with Crippen LogP contribution in [0.15, 0.2) is 66.9 Å². The van der Waals surface area contributed by atoms with E-state index in [0.29, 0.717) is 5.11 Å². The highest BCUT2D eigenvalue weighted by Gasteiger charge is 2.34. The van der Waals surface area contributed by atoms with Crippen LogP contribution in [-0.4, -0.2) is 16.6 Å². The molecule has 0 amide bonds. The summed E-state index contributed by atoms with van der Waals surface area (Å²) in [7, 11) is 0. The molecule has 1 aliphatic carbocycles. The van der Waals surface area contributed by atoms with Crippen LogP contribution < -0.4 is 16.0 Å². The number of rotatable bonds is 6. The van der Waals surface area contributed by atoms with Crippen molar-refractivity contribution in [1.29, 1.82) is 0 Å². The van der Waals surface area contributed by atoms with E-state index in [9.17, 15) is 4.39 Å². The second kappa shape index (κ2) is 10.1. The molecule has 0 saturated heterocycles. The van der Waals surface area contributed by atoms with Crippen molar-refractivity contribution in [2.45, 2.75) is 44.4 Å². The Morgan fingerprint density at radius 2 is 1.75 bits per heavy atom. The predicted molar refractivity (Wildman–Crippen MR) is 134 cm³/mol. The van der Waals surface area contributed by atoms with E-state index in [1.54, 1.807) is 18.3 Å². The molecule has 32 heavy (non-hydrogen) atoms. The van der Waals surface area contributed by atoms with Gasteiger partial charge in [0.15, 0.2) is 5.11 Å². The van der Waals surface area contributed by atoms with Crippen molar-refractivity contribution in [3.05, 3.63) is 83.8 Å². The molecule has 2 aromatic carbocycles. The second-order valence-electron chi connectivity index (χ2n) is 8.53. The molecule has 1 fully saturated rings. The molecule has 6 heteroatoms. The number of nitrogens with zero attached hydrogens (tertiary/aromatic N) is 1. The fourth-order valence-corrected chi connectivity index (χ4v) is 4.61. The lowest BCUT2D eigenvalue weighted by Gasteiger charge is -2.38. The lowest BCUT2D eigenvalue weighted by atomic mass is 9.69. The van der Waals surface area contributed by atoms with Crippen molar-refractivity contribution < 1.29 is 4.39 Å². The minimum atomic E-state index is -0.197. The van der Waals surface area contributed by atoms with Crippen molar-refractivity contribution in [3.8, 4) is 0 Å². The average molecular weight is 449 g/mol. The van der Waals surface area contributed by atoms with Crippen LogP contribution in [0.3, 0.4) is 0 Å². The monoisotopic (exact) mass is 448 g/mol. The molecule has 0 bridgehead atoms. The van der Waals surface area contributed by atoms with Crippen LogP contribution in [0.1, 0.15) is 43.2 Å². The standard InChI is InChI=1S/C26H29FN4S/c1-19-7-3-4-8-23(19)31-24-14-13-22(17-28-24)30-25(32)29-18-26(15-5-2-6-16-26)20-9-11-21(27)12-10-20/h3-4,7-14,17H,2,5-6,15-16,18H2,1H3,(H,28,31)(H2,29,30,32). The minimum absolute atomic E-state index is 0.0166. The Hall–Kier alpha value is -2.99. The SMILES string of the molecule is Cc1ccccc1Nc1ccc(NC(=S)NCC2(c3ccc(F)cc3)CCCCC2)cn1. The first kappa shape index (κ1) is 22.2. The number of benzene rings is 2. The van der Waals surface area contributed by atoms with E-state index in [2.05, 4.69) is 33.9 Å². The Morgan fingerprint density at radius 1 is 1.00 bits per heavy atom. The Bertz CT molecular complexity index is 1040. The summed E-state index contributed by atoms with van der Waals surface area (Å²) in [6, 6.07) is 18.9. The molecule has 3 N–H and O–H groups in total. The molecule has 1 aliphatic rings. The number of halogens is 1. The van der Waals surface area contributed by atoms with E-state index in [1.165, 1.54) is 30.4 Å². The molecule has 1 saturated carbocycles. The molecule has 0 unspecified atom stereocenters. The van der Waals surface area contributed by atoms with Gasteiger partial charge < -0.3 is 16.0 Å². The van der Waals surface area contributed by atoms with E-state index in [4.69, 9.17) is 12.2 Å². The number of pyridine rings is 1. The van der Waals surface area contributed by atoms with Crippen molar-refractivity contribution in [3.63, 3.8) is 0 Å². The zero-order valence-electron chi connectivity index (χ0n) is 18.3. The van der Waals surface area contributed by atoms with Gasteiger partial charge in [0, 0.05) is 17.6 Å². The van der Waals surface area contributed by atoms with Gasteiger partial charge >= 0.3 is 0 Å². The highest BCUT2D eigenvalue weighted by Crippen LogP contribution is 2.39. The summed E-state index contributed by atoms with van der Waals surface area (Å²) in [5.41, 5.74) is 4.20. The van der Waals surface area contributed by atoms with Crippen LogP contribution >= 0.6 is 12.2 Å². The molecule has 166 valence electrons. The van der Waals surface area contributed by atoms with Gasteiger partial charge in [0.2, 0.25) is 0 Å². The van der Waals surface area contributed by atoms with Gasteiger partial charge in [-0.25, -0.2) is 9.37 Å². The number of aryl methyl sites for hydroxylation is 1. The lowest BCUT2D eigenvalue weighted by molar-refractivity contribution is 0.292. The fourth-order valence-electron chi connectivity index (χ4n) is 4.42. The quantitative estimate of drug-likeness (QED) is 0.378. The Morgan fingerprint density at radius 3 is 2.44 bits per heavy atom. The maximum Gasteiger partial charge on any atom is 0.170 e. The third-order valence-corrected chi connectivity index (χ3v) is 6.53. The molecule has 1 aromatic heterocycles. The molecule has 0 aliphatic heterocycles. The first-order valence-corrected chi connectivity index (χ1v) is 11.5. The van der Waals surface area contributed by atoms with Crippen molar-refractivity contribution in [2.24, 2.45) is 0 Å². The maximum absolute atomic E-state index is 13.4. The number of para-hydroxylation sites is 1. The summed E-state index contributed by atoms with van der Waals surface area (Å²) in [6.45, 7) is 2.79. The molecule has 0 spiro atoms. The van der Waals surface area contributed by atoms with E-state index >= 15 is 0 Å². The van der Waals surface area contributed by atoms with Crippen LogP contribution in [0, 0.1) is 12.7 Å². The first-order chi connectivity index (χ1) is 15.5. The van der Waals surface area contributed by atoms with E-state index in [0.717, 1.165) is 36.6 Å².